The normalized spacial score (nSPS) is 15.3. The first kappa shape index (κ1) is 19.5. The Morgan fingerprint density at radius 3 is 2.96 bits per heavy atom. The standard InChI is InChI=1S/C16H24N4O2.HI/c1-3-12(2)19-16(17)18-9-6-10-20-13-7-4-5-8-14(13)22-11-15(20)21;/h4-5,7-8,12H,3,6,9-11H2,1-2H3,(H3,17,18,19);1H. The number of nitrogens with zero attached hydrogens (tertiary/aromatic N) is 2. The van der Waals surface area contributed by atoms with E-state index in [2.05, 4.69) is 24.2 Å². The number of amides is 1. The molecule has 1 aliphatic heterocycles. The lowest BCUT2D eigenvalue weighted by Crippen LogP contribution is -2.40. The molecule has 128 valence electrons. The van der Waals surface area contributed by atoms with Gasteiger partial charge in [-0.2, -0.15) is 0 Å². The van der Waals surface area contributed by atoms with Crippen LogP contribution in [0.1, 0.15) is 26.7 Å². The number of aliphatic imine (C=N–C) groups is 1. The van der Waals surface area contributed by atoms with Gasteiger partial charge < -0.3 is 20.7 Å². The Balaban J connectivity index is 0.00000264. The van der Waals surface area contributed by atoms with Gasteiger partial charge in [0.25, 0.3) is 5.91 Å². The van der Waals surface area contributed by atoms with Crippen LogP contribution in [0, 0.1) is 0 Å². The van der Waals surface area contributed by atoms with E-state index in [4.69, 9.17) is 10.5 Å². The van der Waals surface area contributed by atoms with E-state index in [0.29, 0.717) is 25.1 Å². The maximum absolute atomic E-state index is 12.0. The summed E-state index contributed by atoms with van der Waals surface area (Å²) in [5.41, 5.74) is 6.64. The molecule has 1 unspecified atom stereocenters. The molecule has 1 aliphatic rings. The molecule has 0 spiro atoms. The summed E-state index contributed by atoms with van der Waals surface area (Å²) in [5.74, 6) is 1.19. The van der Waals surface area contributed by atoms with Crippen LogP contribution < -0.4 is 20.7 Å². The number of hydrogen-bond acceptors (Lipinski definition) is 3. The minimum Gasteiger partial charge on any atom is -0.482 e. The molecule has 2 rings (SSSR count). The Labute approximate surface area is 154 Å². The molecule has 23 heavy (non-hydrogen) atoms. The van der Waals surface area contributed by atoms with E-state index >= 15 is 0 Å². The van der Waals surface area contributed by atoms with Crippen molar-refractivity contribution < 1.29 is 9.53 Å². The summed E-state index contributed by atoms with van der Waals surface area (Å²) < 4.78 is 5.42. The fourth-order valence-electron chi connectivity index (χ4n) is 2.23. The zero-order chi connectivity index (χ0) is 15.9. The first-order chi connectivity index (χ1) is 10.6. The van der Waals surface area contributed by atoms with Crippen molar-refractivity contribution in [3.05, 3.63) is 24.3 Å². The summed E-state index contributed by atoms with van der Waals surface area (Å²) >= 11 is 0. The van der Waals surface area contributed by atoms with E-state index in [1.54, 1.807) is 4.90 Å². The summed E-state index contributed by atoms with van der Waals surface area (Å²) in [6.45, 7) is 5.44. The second kappa shape index (κ2) is 9.59. The molecule has 6 nitrogen and oxygen atoms in total. The molecular formula is C16H25IN4O2. The third-order valence-electron chi connectivity index (χ3n) is 3.64. The molecule has 0 bridgehead atoms. The number of halogens is 1. The van der Waals surface area contributed by atoms with Gasteiger partial charge in [-0.15, -0.1) is 24.0 Å². The minimum atomic E-state index is -0.0200. The van der Waals surface area contributed by atoms with Crippen LogP contribution >= 0.6 is 24.0 Å². The maximum atomic E-state index is 12.0. The molecule has 3 N–H and O–H groups in total. The van der Waals surface area contributed by atoms with Crippen molar-refractivity contribution in [2.75, 3.05) is 24.6 Å². The molecule has 1 atom stereocenters. The van der Waals surface area contributed by atoms with Crippen LogP contribution in [-0.2, 0) is 4.79 Å². The van der Waals surface area contributed by atoms with Crippen molar-refractivity contribution in [3.8, 4) is 5.75 Å². The predicted octanol–water partition coefficient (Wildman–Crippen LogP) is 2.12. The molecule has 0 aromatic heterocycles. The van der Waals surface area contributed by atoms with Gasteiger partial charge in [-0.25, -0.2) is 0 Å². The van der Waals surface area contributed by atoms with Gasteiger partial charge in [0.1, 0.15) is 5.75 Å². The third kappa shape index (κ3) is 5.56. The van der Waals surface area contributed by atoms with Gasteiger partial charge in [-0.1, -0.05) is 19.1 Å². The lowest BCUT2D eigenvalue weighted by molar-refractivity contribution is -0.121. The summed E-state index contributed by atoms with van der Waals surface area (Å²) in [6, 6.07) is 7.89. The second-order valence-electron chi connectivity index (χ2n) is 5.38. The van der Waals surface area contributed by atoms with E-state index in [9.17, 15) is 4.79 Å². The van der Waals surface area contributed by atoms with Crippen molar-refractivity contribution in [2.24, 2.45) is 10.7 Å². The average Bonchev–Trinajstić information content (AvgIpc) is 2.53. The fraction of sp³-hybridized carbons (Fsp3) is 0.500. The SMILES string of the molecule is CCC(C)NC(N)=NCCCN1C(=O)COc2ccccc21.I. The Morgan fingerprint density at radius 1 is 1.48 bits per heavy atom. The van der Waals surface area contributed by atoms with Crippen LogP contribution in [0.2, 0.25) is 0 Å². The molecule has 7 heteroatoms. The summed E-state index contributed by atoms with van der Waals surface area (Å²) in [4.78, 5) is 18.0. The summed E-state index contributed by atoms with van der Waals surface area (Å²) in [7, 11) is 0. The Kier molecular flexibility index (Phi) is 8.15. The Hall–Kier alpha value is -1.51. The highest BCUT2D eigenvalue weighted by molar-refractivity contribution is 14.0. The Morgan fingerprint density at radius 2 is 2.22 bits per heavy atom. The zero-order valence-electron chi connectivity index (χ0n) is 13.6. The highest BCUT2D eigenvalue weighted by Gasteiger charge is 2.24. The van der Waals surface area contributed by atoms with Gasteiger partial charge in [-0.3, -0.25) is 9.79 Å². The van der Waals surface area contributed by atoms with Crippen molar-refractivity contribution >= 4 is 41.5 Å². The largest absolute Gasteiger partial charge is 0.482 e. The van der Waals surface area contributed by atoms with Crippen LogP contribution in [0.15, 0.2) is 29.3 Å². The van der Waals surface area contributed by atoms with Crippen molar-refractivity contribution in [3.63, 3.8) is 0 Å². The third-order valence-corrected chi connectivity index (χ3v) is 3.64. The van der Waals surface area contributed by atoms with E-state index in [0.717, 1.165) is 24.3 Å². The van der Waals surface area contributed by atoms with Crippen molar-refractivity contribution in [1.29, 1.82) is 0 Å². The number of carbonyl (C=O) groups is 1. The van der Waals surface area contributed by atoms with Crippen LogP contribution in [0.5, 0.6) is 5.75 Å². The van der Waals surface area contributed by atoms with Crippen molar-refractivity contribution in [1.82, 2.24) is 5.32 Å². The highest BCUT2D eigenvalue weighted by atomic mass is 127. The first-order valence-corrected chi connectivity index (χ1v) is 7.70. The number of hydrogen-bond donors (Lipinski definition) is 2. The van der Waals surface area contributed by atoms with E-state index in [1.807, 2.05) is 24.3 Å². The van der Waals surface area contributed by atoms with Gasteiger partial charge in [-0.05, 0) is 31.9 Å². The van der Waals surface area contributed by atoms with Gasteiger partial charge in [0, 0.05) is 19.1 Å². The number of nitrogens with two attached hydrogens (primary N) is 1. The van der Waals surface area contributed by atoms with Crippen LogP contribution in [0.25, 0.3) is 0 Å². The number of ether oxygens (including phenoxy) is 1. The first-order valence-electron chi connectivity index (χ1n) is 7.70. The highest BCUT2D eigenvalue weighted by Crippen LogP contribution is 2.31. The quantitative estimate of drug-likeness (QED) is 0.313. The predicted molar refractivity (Wildman–Crippen MR) is 104 cm³/mol. The molecule has 0 fully saturated rings. The zero-order valence-corrected chi connectivity index (χ0v) is 15.9. The molecule has 0 aliphatic carbocycles. The maximum Gasteiger partial charge on any atom is 0.265 e. The monoisotopic (exact) mass is 432 g/mol. The van der Waals surface area contributed by atoms with E-state index in [-0.39, 0.29) is 36.5 Å². The molecule has 0 radical (unpaired) electrons. The van der Waals surface area contributed by atoms with E-state index in [1.165, 1.54) is 0 Å². The molecule has 1 amide bonds. The van der Waals surface area contributed by atoms with Gasteiger partial charge in [0.2, 0.25) is 0 Å². The summed E-state index contributed by atoms with van der Waals surface area (Å²) in [6.07, 6.45) is 1.75. The molecule has 0 saturated heterocycles. The van der Waals surface area contributed by atoms with Crippen LogP contribution in [0.4, 0.5) is 5.69 Å². The van der Waals surface area contributed by atoms with Gasteiger partial charge >= 0.3 is 0 Å². The molecule has 0 saturated carbocycles. The second-order valence-corrected chi connectivity index (χ2v) is 5.38. The van der Waals surface area contributed by atoms with Gasteiger partial charge in [0.15, 0.2) is 12.6 Å². The van der Waals surface area contributed by atoms with Crippen LogP contribution in [0.3, 0.4) is 0 Å². The number of guanidine groups is 1. The Bertz CT molecular complexity index is 551. The molecule has 1 heterocycles. The number of rotatable bonds is 6. The minimum absolute atomic E-state index is 0. The fourth-order valence-corrected chi connectivity index (χ4v) is 2.23. The molecular weight excluding hydrogens is 407 g/mol. The van der Waals surface area contributed by atoms with Crippen molar-refractivity contribution in [2.45, 2.75) is 32.7 Å². The van der Waals surface area contributed by atoms with Gasteiger partial charge in [0.05, 0.1) is 5.69 Å². The number of anilines is 1. The lowest BCUT2D eigenvalue weighted by atomic mass is 10.2. The topological polar surface area (TPSA) is 80.0 Å². The lowest BCUT2D eigenvalue weighted by Gasteiger charge is -2.29. The number of para-hydroxylation sites is 2. The number of benzene rings is 1. The number of nitrogens with one attached hydrogen (secondary N) is 1. The smallest absolute Gasteiger partial charge is 0.265 e. The van der Waals surface area contributed by atoms with Crippen LogP contribution in [-0.4, -0.2) is 37.6 Å². The molecule has 1 aromatic carbocycles. The molecule has 1 aromatic rings. The average molecular weight is 432 g/mol. The van der Waals surface area contributed by atoms with E-state index < -0.39 is 0 Å². The summed E-state index contributed by atoms with van der Waals surface area (Å²) in [5, 5.41) is 3.12. The number of carbonyl (C=O) groups excluding carboxylic acids is 1. The number of fused-ring (bicyclic) bond motifs is 1.